The third-order valence-electron chi connectivity index (χ3n) is 0. The van der Waals surface area contributed by atoms with Crippen molar-refractivity contribution in [2.45, 2.75) is 6.92 Å². The summed E-state index contributed by atoms with van der Waals surface area (Å²) in [5.41, 5.74) is 0. The van der Waals surface area contributed by atoms with Crippen LogP contribution < -0.4 is 5.14 Å². The molecule has 0 bridgehead atoms. The summed E-state index contributed by atoms with van der Waals surface area (Å²) in [6.07, 6.45) is 0.938. The quantitative estimate of drug-likeness (QED) is 0.468. The van der Waals surface area contributed by atoms with Gasteiger partial charge in [-0.2, -0.15) is 0 Å². The molecule has 0 aromatic rings. The van der Waals surface area contributed by atoms with Crippen molar-refractivity contribution in [2.75, 3.05) is 6.26 Å². The molecule has 0 unspecified atom stereocenters. The van der Waals surface area contributed by atoms with Crippen molar-refractivity contribution in [1.29, 1.82) is 0 Å². The highest BCUT2D eigenvalue weighted by Gasteiger charge is 1.78. The lowest BCUT2D eigenvalue weighted by Crippen LogP contribution is -2.07. The fourth-order valence-electron chi connectivity index (χ4n) is 0. The fourth-order valence-corrected chi connectivity index (χ4v) is 0. The molecular formula is C3H9NO4S. The number of carboxylic acid groups (broad SMARTS) is 1. The Morgan fingerprint density at radius 3 is 1.56 bits per heavy atom. The topological polar surface area (TPSA) is 97.5 Å². The maximum atomic E-state index is 9.41. The minimum absolute atomic E-state index is 0.833. The molecule has 9 heavy (non-hydrogen) atoms. The van der Waals surface area contributed by atoms with Gasteiger partial charge in [0.1, 0.15) is 0 Å². The lowest BCUT2D eigenvalue weighted by atomic mass is 10.9. The normalized spacial score (nSPS) is 9.22. The first-order chi connectivity index (χ1) is 3.73. The smallest absolute Gasteiger partial charge is 0.300 e. The molecule has 0 aliphatic carbocycles. The summed E-state index contributed by atoms with van der Waals surface area (Å²) < 4.78 is 18.8. The Labute approximate surface area is 53.5 Å². The molecule has 0 saturated carbocycles. The Kier molecular flexibility index (Phi) is 5.33. The van der Waals surface area contributed by atoms with Gasteiger partial charge in [-0.25, -0.2) is 13.6 Å². The predicted molar refractivity (Wildman–Crippen MR) is 32.3 cm³/mol. The molecule has 0 saturated heterocycles. The van der Waals surface area contributed by atoms with Crippen LogP contribution in [0.4, 0.5) is 0 Å². The van der Waals surface area contributed by atoms with Crippen LogP contribution in [0.3, 0.4) is 0 Å². The molecule has 0 aromatic heterocycles. The average Bonchev–Trinajstić information content (AvgIpc) is 1.19. The van der Waals surface area contributed by atoms with E-state index in [1.165, 1.54) is 0 Å². The summed E-state index contributed by atoms with van der Waals surface area (Å²) in [4.78, 5) is 9.00. The molecular weight excluding hydrogens is 146 g/mol. The number of carbonyl (C=O) groups is 1. The van der Waals surface area contributed by atoms with Gasteiger partial charge >= 0.3 is 0 Å². The Balaban J connectivity index is 0. The van der Waals surface area contributed by atoms with Gasteiger partial charge in [-0.1, -0.05) is 0 Å². The fraction of sp³-hybridized carbons (Fsp3) is 0.667. The van der Waals surface area contributed by atoms with E-state index in [-0.39, 0.29) is 0 Å². The SMILES string of the molecule is CC(=O)O.CS(N)(=O)=O. The van der Waals surface area contributed by atoms with E-state index >= 15 is 0 Å². The molecule has 0 aliphatic rings. The van der Waals surface area contributed by atoms with Crippen molar-refractivity contribution in [3.05, 3.63) is 0 Å². The first-order valence-corrected chi connectivity index (χ1v) is 3.86. The monoisotopic (exact) mass is 155 g/mol. The van der Waals surface area contributed by atoms with Gasteiger partial charge in [-0.3, -0.25) is 4.79 Å². The van der Waals surface area contributed by atoms with Crippen LogP contribution in [0.2, 0.25) is 0 Å². The van der Waals surface area contributed by atoms with Crippen molar-refractivity contribution in [2.24, 2.45) is 5.14 Å². The van der Waals surface area contributed by atoms with Gasteiger partial charge in [0.25, 0.3) is 5.97 Å². The van der Waals surface area contributed by atoms with Crippen LogP contribution in [0.1, 0.15) is 6.92 Å². The maximum absolute atomic E-state index is 9.41. The minimum atomic E-state index is -3.17. The Bertz CT molecular complexity index is 158. The van der Waals surface area contributed by atoms with E-state index in [4.69, 9.17) is 9.90 Å². The van der Waals surface area contributed by atoms with Crippen molar-refractivity contribution in [3.63, 3.8) is 0 Å². The van der Waals surface area contributed by atoms with Crippen LogP contribution in [0, 0.1) is 0 Å². The Hall–Kier alpha value is -0.620. The number of rotatable bonds is 0. The molecule has 5 nitrogen and oxygen atoms in total. The highest BCUT2D eigenvalue weighted by Crippen LogP contribution is 1.52. The van der Waals surface area contributed by atoms with Gasteiger partial charge in [0.15, 0.2) is 0 Å². The summed E-state index contributed by atoms with van der Waals surface area (Å²) in [7, 11) is -3.17. The lowest BCUT2D eigenvalue weighted by Gasteiger charge is -1.71. The molecule has 0 rings (SSSR count). The van der Waals surface area contributed by atoms with Crippen molar-refractivity contribution < 1.29 is 18.3 Å². The zero-order chi connectivity index (χ0) is 8.08. The van der Waals surface area contributed by atoms with E-state index < -0.39 is 16.0 Å². The van der Waals surface area contributed by atoms with Crippen molar-refractivity contribution in [1.82, 2.24) is 0 Å². The molecule has 0 spiro atoms. The number of hydrogen-bond acceptors (Lipinski definition) is 3. The number of nitrogens with two attached hydrogens (primary N) is 1. The Morgan fingerprint density at radius 1 is 1.56 bits per heavy atom. The second-order valence-electron chi connectivity index (χ2n) is 1.35. The summed E-state index contributed by atoms with van der Waals surface area (Å²) in [5.74, 6) is -0.833. The van der Waals surface area contributed by atoms with E-state index in [1.54, 1.807) is 0 Å². The number of aliphatic carboxylic acids is 1. The van der Waals surface area contributed by atoms with Gasteiger partial charge in [-0.15, -0.1) is 0 Å². The van der Waals surface area contributed by atoms with E-state index in [1.807, 2.05) is 0 Å². The predicted octanol–water partition coefficient (Wildman–Crippen LogP) is -1.00. The van der Waals surface area contributed by atoms with Crippen LogP contribution >= 0.6 is 0 Å². The van der Waals surface area contributed by atoms with Crippen LogP contribution in [0.5, 0.6) is 0 Å². The highest BCUT2D eigenvalue weighted by atomic mass is 32.2. The summed E-state index contributed by atoms with van der Waals surface area (Å²) in [5, 5.41) is 11.7. The van der Waals surface area contributed by atoms with Crippen molar-refractivity contribution >= 4 is 16.0 Å². The second kappa shape index (κ2) is 4.28. The third-order valence-corrected chi connectivity index (χ3v) is 0. The van der Waals surface area contributed by atoms with Crippen LogP contribution in [0.25, 0.3) is 0 Å². The zero-order valence-corrected chi connectivity index (χ0v) is 5.97. The number of sulfonamides is 1. The van der Waals surface area contributed by atoms with Crippen LogP contribution in [-0.2, 0) is 14.8 Å². The van der Waals surface area contributed by atoms with Gasteiger partial charge < -0.3 is 5.11 Å². The Morgan fingerprint density at radius 2 is 1.56 bits per heavy atom. The maximum Gasteiger partial charge on any atom is 0.300 e. The average molecular weight is 155 g/mol. The van der Waals surface area contributed by atoms with Crippen LogP contribution in [0.15, 0.2) is 0 Å². The molecule has 0 amide bonds. The molecule has 56 valence electrons. The van der Waals surface area contributed by atoms with Gasteiger partial charge in [-0.05, 0) is 0 Å². The van der Waals surface area contributed by atoms with E-state index in [2.05, 4.69) is 5.14 Å². The van der Waals surface area contributed by atoms with Gasteiger partial charge in [0, 0.05) is 6.92 Å². The molecule has 3 N–H and O–H groups in total. The number of carboxylic acids is 1. The zero-order valence-electron chi connectivity index (χ0n) is 5.16. The molecule has 0 aromatic carbocycles. The molecule has 0 aliphatic heterocycles. The van der Waals surface area contributed by atoms with E-state index in [0.29, 0.717) is 0 Å². The largest absolute Gasteiger partial charge is 0.481 e. The minimum Gasteiger partial charge on any atom is -0.481 e. The molecule has 0 heterocycles. The first kappa shape index (κ1) is 11.2. The third kappa shape index (κ3) is 556. The van der Waals surface area contributed by atoms with E-state index in [0.717, 1.165) is 13.2 Å². The molecule has 6 heteroatoms. The summed E-state index contributed by atoms with van der Waals surface area (Å²) in [6.45, 7) is 1.08. The van der Waals surface area contributed by atoms with Gasteiger partial charge in [0.2, 0.25) is 10.0 Å². The molecule has 0 radical (unpaired) electrons. The lowest BCUT2D eigenvalue weighted by molar-refractivity contribution is -0.134. The van der Waals surface area contributed by atoms with Crippen molar-refractivity contribution in [3.8, 4) is 0 Å². The summed E-state index contributed by atoms with van der Waals surface area (Å²) >= 11 is 0. The standard InChI is InChI=1S/C2H4O2.CH5NO2S/c1-2(3)4;1-5(2,3)4/h1H3,(H,3,4);1H3,(H2,2,3,4). The highest BCUT2D eigenvalue weighted by molar-refractivity contribution is 7.88. The molecule has 0 fully saturated rings. The van der Waals surface area contributed by atoms with Crippen LogP contribution in [-0.4, -0.2) is 25.7 Å². The number of hydrogen-bond donors (Lipinski definition) is 2. The first-order valence-electron chi connectivity index (χ1n) is 1.91. The molecule has 0 atom stereocenters. The number of primary sulfonamides is 1. The summed E-state index contributed by atoms with van der Waals surface area (Å²) in [6, 6.07) is 0. The second-order valence-corrected chi connectivity index (χ2v) is 3.01. The van der Waals surface area contributed by atoms with Gasteiger partial charge in [0.05, 0.1) is 6.26 Å². The van der Waals surface area contributed by atoms with E-state index in [9.17, 15) is 8.42 Å².